The third-order valence-electron chi connectivity index (χ3n) is 13.0. The van der Waals surface area contributed by atoms with Crippen molar-refractivity contribution in [2.45, 2.75) is 104 Å². The maximum atomic E-state index is 14.8. The Morgan fingerprint density at radius 1 is 0.954 bits per heavy atom. The van der Waals surface area contributed by atoms with E-state index in [0.29, 0.717) is 6.42 Å². The van der Waals surface area contributed by atoms with Crippen molar-refractivity contribution in [3.63, 3.8) is 0 Å². The third kappa shape index (κ3) is 9.76. The van der Waals surface area contributed by atoms with Gasteiger partial charge in [0.1, 0.15) is 34.8 Å². The van der Waals surface area contributed by atoms with E-state index in [1.165, 1.54) is 47.0 Å². The van der Waals surface area contributed by atoms with Crippen molar-refractivity contribution < 1.29 is 72.6 Å². The summed E-state index contributed by atoms with van der Waals surface area (Å²) >= 11 is 0. The minimum atomic E-state index is -2.13. The number of carbonyl (C=O) groups is 6. The highest BCUT2D eigenvalue weighted by molar-refractivity contribution is 6.32. The molecular weight excluding hydrogens is 849 g/mol. The lowest BCUT2D eigenvalue weighted by molar-refractivity contribution is -0.120. The van der Waals surface area contributed by atoms with Gasteiger partial charge in [0.2, 0.25) is 11.6 Å². The van der Waals surface area contributed by atoms with Gasteiger partial charge in [-0.25, -0.2) is 4.79 Å². The Morgan fingerprint density at radius 2 is 1.65 bits per heavy atom. The van der Waals surface area contributed by atoms with Gasteiger partial charge < -0.3 is 54.5 Å². The topological polar surface area (TPSA) is 258 Å². The molecule has 1 aromatic carbocycles. The lowest BCUT2D eigenvalue weighted by atomic mass is 9.78. The molecule has 5 aliphatic heterocycles. The molecule has 2 saturated heterocycles. The van der Waals surface area contributed by atoms with E-state index >= 15 is 0 Å². The highest BCUT2D eigenvalue weighted by Gasteiger charge is 2.53. The summed E-state index contributed by atoms with van der Waals surface area (Å²) in [6.07, 6.45) is 1.84. The van der Waals surface area contributed by atoms with Gasteiger partial charge in [0.05, 0.1) is 66.6 Å². The molecule has 65 heavy (non-hydrogen) atoms. The van der Waals surface area contributed by atoms with Gasteiger partial charge in [0, 0.05) is 74.9 Å². The van der Waals surface area contributed by atoms with Crippen molar-refractivity contribution in [1.82, 2.24) is 21.0 Å². The predicted molar refractivity (Wildman–Crippen MR) is 230 cm³/mol. The number of hydrogen-bond acceptors (Lipinski definition) is 17. The van der Waals surface area contributed by atoms with Gasteiger partial charge in [-0.1, -0.05) is 45.9 Å². The van der Waals surface area contributed by atoms with Crippen LogP contribution in [-0.4, -0.2) is 138 Å². The Balaban J connectivity index is 1.39. The van der Waals surface area contributed by atoms with E-state index in [1.807, 2.05) is 0 Å². The van der Waals surface area contributed by atoms with E-state index in [2.05, 4.69) is 16.1 Å². The molecule has 0 saturated carbocycles. The Morgan fingerprint density at radius 3 is 2.29 bits per heavy atom. The molecule has 2 amide bonds. The molecule has 0 aromatic heterocycles. The van der Waals surface area contributed by atoms with Gasteiger partial charge in [0.15, 0.2) is 0 Å². The lowest BCUT2D eigenvalue weighted by Crippen LogP contribution is -2.48. The molecule has 19 heteroatoms. The number of morpholine rings is 1. The number of allylic oxidation sites excluding steroid dienone is 4. The number of aromatic hydroxyl groups is 1. The molecule has 6 aliphatic rings. The molecule has 2 unspecified atom stereocenters. The fraction of sp³-hybridized carbons (Fsp3) is 0.565. The van der Waals surface area contributed by atoms with Crippen LogP contribution in [0.2, 0.25) is 0 Å². The third-order valence-corrected chi connectivity index (χ3v) is 13.0. The molecular formula is C46H60N4O15. The molecule has 354 valence electrons. The number of nitrogens with one attached hydrogen (secondary N) is 3. The Kier molecular flexibility index (Phi) is 15.1. The van der Waals surface area contributed by atoms with Crippen LogP contribution in [0.1, 0.15) is 91.5 Å². The van der Waals surface area contributed by atoms with E-state index in [0.717, 1.165) is 6.26 Å². The number of hydroxylamine groups is 1. The zero-order chi connectivity index (χ0) is 47.7. The van der Waals surface area contributed by atoms with Gasteiger partial charge in [-0.2, -0.15) is 5.48 Å². The summed E-state index contributed by atoms with van der Waals surface area (Å²) in [7, 11) is 1.40. The van der Waals surface area contributed by atoms with Crippen LogP contribution in [-0.2, 0) is 33.4 Å². The average molecular weight is 909 g/mol. The van der Waals surface area contributed by atoms with Crippen LogP contribution in [0.15, 0.2) is 47.5 Å². The number of fused-ring (bicyclic) bond motifs is 14. The maximum Gasteiger partial charge on any atom is 0.407 e. The summed E-state index contributed by atoms with van der Waals surface area (Å²) in [5.74, 6) is -9.22. The fourth-order valence-electron chi connectivity index (χ4n) is 8.85. The number of Topliss-reactive ketones (excluding diaryl/α,β-unsaturated/α-hetero) is 4. The molecule has 19 nitrogen and oxygen atoms in total. The lowest BCUT2D eigenvalue weighted by Gasteiger charge is -2.38. The molecule has 0 spiro atoms. The van der Waals surface area contributed by atoms with Gasteiger partial charge in [-0.3, -0.25) is 28.8 Å². The first-order valence-electron chi connectivity index (χ1n) is 21.8. The smallest absolute Gasteiger partial charge is 0.407 e. The Hall–Kier alpha value is -5.44. The predicted octanol–water partition coefficient (Wildman–Crippen LogP) is 2.70. The number of aliphatic hydroxyl groups is 2. The van der Waals surface area contributed by atoms with Gasteiger partial charge >= 0.3 is 11.9 Å². The molecule has 0 radical (unpaired) electrons. The number of carbonyl (C=O) groups excluding carboxylic acids is 6. The van der Waals surface area contributed by atoms with Gasteiger partial charge in [0.25, 0.3) is 11.7 Å². The number of phenols is 1. The molecule has 2 fully saturated rings. The molecule has 6 N–H and O–H groups in total. The number of rotatable bonds is 6. The molecule has 1 aromatic rings. The van der Waals surface area contributed by atoms with Crippen molar-refractivity contribution in [2.24, 2.45) is 23.7 Å². The van der Waals surface area contributed by atoms with E-state index in [4.69, 9.17) is 28.5 Å². The monoisotopic (exact) mass is 908 g/mol. The van der Waals surface area contributed by atoms with Crippen LogP contribution in [0.4, 0.5) is 4.79 Å². The first kappa shape index (κ1) is 49.0. The van der Waals surface area contributed by atoms with Crippen molar-refractivity contribution in [1.29, 1.82) is 0 Å². The Labute approximate surface area is 377 Å². The first-order chi connectivity index (χ1) is 30.7. The molecule has 1 aliphatic carbocycles. The summed E-state index contributed by atoms with van der Waals surface area (Å²) < 4.78 is 29.4. The van der Waals surface area contributed by atoms with Crippen LogP contribution < -0.4 is 20.9 Å². The van der Waals surface area contributed by atoms with Crippen LogP contribution in [0.25, 0.3) is 0 Å². The van der Waals surface area contributed by atoms with Crippen molar-refractivity contribution >= 4 is 35.1 Å². The van der Waals surface area contributed by atoms with Crippen LogP contribution in [0.5, 0.6) is 11.5 Å². The minimum Gasteiger partial charge on any atom is -0.507 e. The molecule has 7 rings (SSSR count). The van der Waals surface area contributed by atoms with Crippen molar-refractivity contribution in [3.05, 3.63) is 69.8 Å². The van der Waals surface area contributed by atoms with E-state index in [-0.39, 0.29) is 72.5 Å². The number of methoxy groups -OCH3 is 1. The van der Waals surface area contributed by atoms with E-state index < -0.39 is 112 Å². The first-order valence-corrected chi connectivity index (χ1v) is 21.8. The number of ether oxygens (including phenoxy) is 5. The van der Waals surface area contributed by atoms with Crippen molar-refractivity contribution in [2.75, 3.05) is 40.0 Å². The highest BCUT2D eigenvalue weighted by atomic mass is 16.7. The summed E-state index contributed by atoms with van der Waals surface area (Å²) in [4.78, 5) is 89.8. The Bertz CT molecular complexity index is 2210. The van der Waals surface area contributed by atoms with Gasteiger partial charge in [-0.05, 0) is 26.8 Å². The number of aliphatic hydroxyl groups excluding tert-OH is 2. The summed E-state index contributed by atoms with van der Waals surface area (Å²) in [6.45, 7) is 13.2. The number of benzene rings is 1. The number of ketones is 4. The fourth-order valence-corrected chi connectivity index (χ4v) is 8.85. The van der Waals surface area contributed by atoms with Crippen LogP contribution in [0.3, 0.4) is 0 Å². The SMILES string of the molecule is CO[C@H]1/C=C/O[C@@]2(C)Oc3c(C)c(O)c4c(c3C2=O)C(=O)C(N2CCOCC2)=C(NC(=O)/C(C)=C\C=C\[C@H](C)[C@H](O)[C@@H](C)[C@@H](O)[C@@H](C)[C@H](OC(=O)NCC2CC(C(C)=O)NO2)[C@@H]1C)C4=O. The summed E-state index contributed by atoms with van der Waals surface area (Å²) in [5.41, 5.74) is 1.02. The maximum absolute atomic E-state index is 14.8. The number of amides is 2. The van der Waals surface area contributed by atoms with Crippen molar-refractivity contribution in [3.8, 4) is 11.5 Å². The zero-order valence-electron chi connectivity index (χ0n) is 38.1. The second kappa shape index (κ2) is 20.0. The summed E-state index contributed by atoms with van der Waals surface area (Å²) in [6, 6.07) is -0.518. The number of alkyl carbamates (subject to hydrolysis) is 1. The van der Waals surface area contributed by atoms with Crippen LogP contribution >= 0.6 is 0 Å². The standard InChI is InChI=1S/C46H60N4O15/c1-21-11-10-12-22(2)44(58)48-34-35(50-14-17-61-18-15-50)40(56)31-32(39(34)55)38(54)26(6)42-33(31)43(57)46(8,64-42)62-16-13-30(60-9)23(3)41(25(5)37(53)24(4)36(21)52)63-45(59)47-20-28-19-29(27(7)51)49-65-28/h10-13,16,21,23-25,28-30,36-37,41,49,52-54H,14-15,17-20H2,1-9H3,(H,47,59)(H,48,58)/b11-10+,16-13+,22-12-/t21-,23+,24+,25+,28?,29?,30-,36-,37+,41+,46-/m0/s1. The molecule has 11 atom stereocenters. The second-order valence-electron chi connectivity index (χ2n) is 17.5. The highest BCUT2D eigenvalue weighted by Crippen LogP contribution is 2.49. The molecule has 5 heterocycles. The summed E-state index contributed by atoms with van der Waals surface area (Å²) in [5, 5.41) is 40.1. The zero-order valence-corrected chi connectivity index (χ0v) is 38.1. The number of hydrogen-bond donors (Lipinski definition) is 6. The minimum absolute atomic E-state index is 0.00480. The normalized spacial score (nSPS) is 34.3. The average Bonchev–Trinajstić information content (AvgIpc) is 3.87. The second-order valence-corrected chi connectivity index (χ2v) is 17.5. The van der Waals surface area contributed by atoms with Crippen LogP contribution in [0, 0.1) is 30.6 Å². The largest absolute Gasteiger partial charge is 0.507 e. The van der Waals surface area contributed by atoms with E-state index in [1.54, 1.807) is 44.7 Å². The quantitative estimate of drug-likeness (QED) is 0.240. The van der Waals surface area contributed by atoms with Gasteiger partial charge in [-0.15, -0.1) is 0 Å². The number of phenolic OH excluding ortho intramolecular Hbond substituents is 1. The number of nitrogens with zero attached hydrogens (tertiary/aromatic N) is 1. The molecule has 5 bridgehead atoms. The van der Waals surface area contributed by atoms with E-state index in [9.17, 15) is 44.1 Å².